The van der Waals surface area contributed by atoms with E-state index < -0.39 is 0 Å². The van der Waals surface area contributed by atoms with Crippen LogP contribution in [0.4, 0.5) is 5.69 Å². The summed E-state index contributed by atoms with van der Waals surface area (Å²) in [5.74, 6) is 0.191. The quantitative estimate of drug-likeness (QED) is 0.913. The normalized spacial score (nSPS) is 10.2. The predicted molar refractivity (Wildman–Crippen MR) is 81.8 cm³/mol. The SMILES string of the molecule is Cc1ccc(Cl)c(OCC(=O)Nc2ccccc2Cl)c1. The Balaban J connectivity index is 1.96. The smallest absolute Gasteiger partial charge is 0.262 e. The van der Waals surface area contributed by atoms with E-state index in [1.54, 1.807) is 36.4 Å². The predicted octanol–water partition coefficient (Wildman–Crippen LogP) is 4.32. The van der Waals surface area contributed by atoms with Crippen molar-refractivity contribution in [2.75, 3.05) is 11.9 Å². The molecule has 1 N–H and O–H groups in total. The summed E-state index contributed by atoms with van der Waals surface area (Å²) in [4.78, 5) is 11.8. The van der Waals surface area contributed by atoms with Gasteiger partial charge in [0.15, 0.2) is 6.61 Å². The number of rotatable bonds is 4. The molecule has 0 aliphatic rings. The van der Waals surface area contributed by atoms with Gasteiger partial charge in [-0.15, -0.1) is 0 Å². The Hall–Kier alpha value is -1.71. The third-order valence-electron chi connectivity index (χ3n) is 2.59. The molecule has 0 atom stereocenters. The van der Waals surface area contributed by atoms with E-state index in [2.05, 4.69) is 5.32 Å². The Bertz CT molecular complexity index is 629. The van der Waals surface area contributed by atoms with Gasteiger partial charge in [0.25, 0.3) is 5.91 Å². The molecule has 0 aromatic heterocycles. The molecule has 2 rings (SSSR count). The molecular weight excluding hydrogens is 297 g/mol. The zero-order valence-corrected chi connectivity index (χ0v) is 12.3. The molecule has 0 saturated heterocycles. The second-order valence-corrected chi connectivity index (χ2v) is 5.06. The summed E-state index contributed by atoms with van der Waals surface area (Å²) in [6, 6.07) is 12.4. The fourth-order valence-corrected chi connectivity index (χ4v) is 1.97. The Kier molecular flexibility index (Phi) is 4.88. The molecule has 2 aromatic carbocycles. The average Bonchev–Trinajstić information content (AvgIpc) is 2.42. The minimum absolute atomic E-state index is 0.131. The lowest BCUT2D eigenvalue weighted by Gasteiger charge is -2.10. The van der Waals surface area contributed by atoms with E-state index in [1.165, 1.54) is 0 Å². The van der Waals surface area contributed by atoms with Gasteiger partial charge in [-0.05, 0) is 36.8 Å². The molecule has 3 nitrogen and oxygen atoms in total. The first-order valence-corrected chi connectivity index (χ1v) is 6.75. The molecule has 0 fully saturated rings. The van der Waals surface area contributed by atoms with Crippen LogP contribution in [0.25, 0.3) is 0 Å². The van der Waals surface area contributed by atoms with Crippen molar-refractivity contribution in [1.29, 1.82) is 0 Å². The summed E-state index contributed by atoms with van der Waals surface area (Å²) >= 11 is 11.9. The van der Waals surface area contributed by atoms with Gasteiger partial charge in [0.2, 0.25) is 0 Å². The van der Waals surface area contributed by atoms with E-state index in [-0.39, 0.29) is 12.5 Å². The number of para-hydroxylation sites is 1. The fraction of sp³-hybridized carbons (Fsp3) is 0.133. The number of amides is 1. The molecule has 0 aliphatic heterocycles. The Morgan fingerprint density at radius 2 is 1.90 bits per heavy atom. The lowest BCUT2D eigenvalue weighted by atomic mass is 10.2. The molecule has 104 valence electrons. The van der Waals surface area contributed by atoms with Crippen molar-refractivity contribution in [3.8, 4) is 5.75 Å². The van der Waals surface area contributed by atoms with Crippen LogP contribution >= 0.6 is 23.2 Å². The van der Waals surface area contributed by atoms with E-state index in [4.69, 9.17) is 27.9 Å². The maximum absolute atomic E-state index is 11.8. The topological polar surface area (TPSA) is 38.3 Å². The minimum atomic E-state index is -0.296. The molecule has 0 radical (unpaired) electrons. The molecule has 1 amide bonds. The van der Waals surface area contributed by atoms with Gasteiger partial charge in [0.1, 0.15) is 5.75 Å². The molecule has 0 heterocycles. The number of halogens is 2. The van der Waals surface area contributed by atoms with Crippen molar-refractivity contribution in [1.82, 2.24) is 0 Å². The lowest BCUT2D eigenvalue weighted by Crippen LogP contribution is -2.20. The Labute approximate surface area is 127 Å². The molecule has 0 saturated carbocycles. The Morgan fingerprint density at radius 3 is 2.65 bits per heavy atom. The van der Waals surface area contributed by atoms with Gasteiger partial charge in [0, 0.05) is 0 Å². The van der Waals surface area contributed by atoms with Crippen molar-refractivity contribution in [2.24, 2.45) is 0 Å². The van der Waals surface area contributed by atoms with Gasteiger partial charge in [-0.3, -0.25) is 4.79 Å². The van der Waals surface area contributed by atoms with Crippen LogP contribution in [0.2, 0.25) is 10.0 Å². The number of hydrogen-bond acceptors (Lipinski definition) is 2. The summed E-state index contributed by atoms with van der Waals surface area (Å²) < 4.78 is 5.40. The first-order chi connectivity index (χ1) is 9.56. The minimum Gasteiger partial charge on any atom is -0.482 e. The molecule has 20 heavy (non-hydrogen) atoms. The van der Waals surface area contributed by atoms with Crippen LogP contribution in [0.15, 0.2) is 42.5 Å². The van der Waals surface area contributed by atoms with Crippen molar-refractivity contribution >= 4 is 34.8 Å². The largest absolute Gasteiger partial charge is 0.482 e. The van der Waals surface area contributed by atoms with Gasteiger partial charge in [0.05, 0.1) is 15.7 Å². The molecular formula is C15H13Cl2NO2. The highest BCUT2D eigenvalue weighted by atomic mass is 35.5. The highest BCUT2D eigenvalue weighted by Gasteiger charge is 2.08. The van der Waals surface area contributed by atoms with E-state index in [0.29, 0.717) is 21.5 Å². The van der Waals surface area contributed by atoms with Gasteiger partial charge < -0.3 is 10.1 Å². The molecule has 0 bridgehead atoms. The number of hydrogen-bond donors (Lipinski definition) is 1. The van der Waals surface area contributed by atoms with Gasteiger partial charge >= 0.3 is 0 Å². The summed E-state index contributed by atoms with van der Waals surface area (Å²) in [5, 5.41) is 3.63. The van der Waals surface area contributed by atoms with Crippen LogP contribution < -0.4 is 10.1 Å². The van der Waals surface area contributed by atoms with Crippen LogP contribution in [0.3, 0.4) is 0 Å². The van der Waals surface area contributed by atoms with Crippen molar-refractivity contribution in [3.05, 3.63) is 58.1 Å². The Morgan fingerprint density at radius 1 is 1.15 bits per heavy atom. The number of ether oxygens (including phenoxy) is 1. The molecule has 5 heteroatoms. The molecule has 0 aliphatic carbocycles. The number of anilines is 1. The summed E-state index contributed by atoms with van der Waals surface area (Å²) in [5.41, 5.74) is 1.56. The van der Waals surface area contributed by atoms with Crippen LogP contribution in [-0.4, -0.2) is 12.5 Å². The average molecular weight is 310 g/mol. The highest BCUT2D eigenvalue weighted by Crippen LogP contribution is 2.25. The zero-order chi connectivity index (χ0) is 14.5. The van der Waals surface area contributed by atoms with Crippen LogP contribution in [0.1, 0.15) is 5.56 Å². The van der Waals surface area contributed by atoms with E-state index in [1.807, 2.05) is 13.0 Å². The zero-order valence-electron chi connectivity index (χ0n) is 10.8. The number of carbonyl (C=O) groups is 1. The van der Waals surface area contributed by atoms with Gasteiger partial charge in [-0.25, -0.2) is 0 Å². The number of nitrogens with one attached hydrogen (secondary N) is 1. The van der Waals surface area contributed by atoms with Crippen molar-refractivity contribution in [2.45, 2.75) is 6.92 Å². The first-order valence-electron chi connectivity index (χ1n) is 5.99. The van der Waals surface area contributed by atoms with E-state index in [0.717, 1.165) is 5.56 Å². The van der Waals surface area contributed by atoms with Gasteiger partial charge in [-0.2, -0.15) is 0 Å². The van der Waals surface area contributed by atoms with Crippen LogP contribution in [0.5, 0.6) is 5.75 Å². The highest BCUT2D eigenvalue weighted by molar-refractivity contribution is 6.33. The maximum atomic E-state index is 11.8. The van der Waals surface area contributed by atoms with Crippen LogP contribution in [-0.2, 0) is 4.79 Å². The van der Waals surface area contributed by atoms with Crippen molar-refractivity contribution in [3.63, 3.8) is 0 Å². The summed E-state index contributed by atoms with van der Waals surface area (Å²) in [7, 11) is 0. The number of aryl methyl sites for hydroxylation is 1. The summed E-state index contributed by atoms with van der Waals surface area (Å²) in [6.45, 7) is 1.79. The summed E-state index contributed by atoms with van der Waals surface area (Å²) in [6.07, 6.45) is 0. The first kappa shape index (κ1) is 14.7. The van der Waals surface area contributed by atoms with Gasteiger partial charge in [-0.1, -0.05) is 41.4 Å². The fourth-order valence-electron chi connectivity index (χ4n) is 1.61. The number of carbonyl (C=O) groups excluding carboxylic acids is 1. The third-order valence-corrected chi connectivity index (χ3v) is 3.24. The molecule has 0 spiro atoms. The third kappa shape index (κ3) is 3.89. The molecule has 0 unspecified atom stereocenters. The molecule has 2 aromatic rings. The second kappa shape index (κ2) is 6.64. The monoisotopic (exact) mass is 309 g/mol. The lowest BCUT2D eigenvalue weighted by molar-refractivity contribution is -0.118. The van der Waals surface area contributed by atoms with E-state index >= 15 is 0 Å². The van der Waals surface area contributed by atoms with Crippen molar-refractivity contribution < 1.29 is 9.53 Å². The van der Waals surface area contributed by atoms with E-state index in [9.17, 15) is 4.79 Å². The number of benzene rings is 2. The standard InChI is InChI=1S/C15H13Cl2NO2/c1-10-6-7-12(17)14(8-10)20-9-15(19)18-13-5-3-2-4-11(13)16/h2-8H,9H2,1H3,(H,18,19). The maximum Gasteiger partial charge on any atom is 0.262 e. The van der Waals surface area contributed by atoms with Crippen LogP contribution in [0, 0.1) is 6.92 Å². The second-order valence-electron chi connectivity index (χ2n) is 4.25.